The van der Waals surface area contributed by atoms with E-state index in [-0.39, 0.29) is 5.92 Å². The van der Waals surface area contributed by atoms with E-state index in [1.54, 1.807) is 6.20 Å². The van der Waals surface area contributed by atoms with E-state index in [0.717, 1.165) is 23.4 Å². The average molecular weight is 215 g/mol. The Balaban J connectivity index is 1.88. The number of pyridine rings is 1. The van der Waals surface area contributed by atoms with Gasteiger partial charge in [0.05, 0.1) is 11.3 Å². The Hall–Kier alpha value is -1.64. The van der Waals surface area contributed by atoms with E-state index in [1.165, 1.54) is 0 Å². The van der Waals surface area contributed by atoms with Crippen LogP contribution in [-0.2, 0) is 4.79 Å². The third-order valence-electron chi connectivity index (χ3n) is 3.56. The van der Waals surface area contributed by atoms with Crippen molar-refractivity contribution in [3.63, 3.8) is 0 Å². The van der Waals surface area contributed by atoms with E-state index in [0.29, 0.717) is 11.8 Å². The molecule has 2 aliphatic carbocycles. The highest BCUT2D eigenvalue weighted by atomic mass is 16.4. The van der Waals surface area contributed by atoms with Gasteiger partial charge in [-0.3, -0.25) is 9.78 Å². The SMILES string of the molecule is O=C(O)[C@H]1C[C@@H]1C1C=c2cccnc2=CC1. The number of nitrogens with zero attached hydrogens (tertiary/aromatic N) is 1. The molecule has 1 heterocycles. The van der Waals surface area contributed by atoms with Gasteiger partial charge >= 0.3 is 5.97 Å². The maximum atomic E-state index is 10.8. The fourth-order valence-electron chi connectivity index (χ4n) is 2.56. The summed E-state index contributed by atoms with van der Waals surface area (Å²) in [6, 6.07) is 3.97. The minimum absolute atomic E-state index is 0.118. The van der Waals surface area contributed by atoms with Crippen LogP contribution in [0.1, 0.15) is 12.8 Å². The highest BCUT2D eigenvalue weighted by molar-refractivity contribution is 5.74. The van der Waals surface area contributed by atoms with Crippen molar-refractivity contribution < 1.29 is 9.90 Å². The number of carboxylic acid groups (broad SMARTS) is 1. The Kier molecular flexibility index (Phi) is 2.06. The fraction of sp³-hybridized carbons (Fsp3) is 0.385. The lowest BCUT2D eigenvalue weighted by Gasteiger charge is -2.12. The van der Waals surface area contributed by atoms with E-state index in [1.807, 2.05) is 12.1 Å². The van der Waals surface area contributed by atoms with Crippen molar-refractivity contribution in [2.75, 3.05) is 0 Å². The summed E-state index contributed by atoms with van der Waals surface area (Å²) in [5.41, 5.74) is 0. The first-order chi connectivity index (χ1) is 7.75. The molecular formula is C13H13NO2. The van der Waals surface area contributed by atoms with Crippen LogP contribution in [-0.4, -0.2) is 16.1 Å². The summed E-state index contributed by atoms with van der Waals surface area (Å²) in [4.78, 5) is 15.1. The van der Waals surface area contributed by atoms with Gasteiger partial charge in [0.2, 0.25) is 0 Å². The second-order valence-corrected chi connectivity index (χ2v) is 4.59. The van der Waals surface area contributed by atoms with Crippen LogP contribution in [0.2, 0.25) is 0 Å². The van der Waals surface area contributed by atoms with Crippen LogP contribution in [0.5, 0.6) is 0 Å². The Labute approximate surface area is 93.1 Å². The molecule has 0 spiro atoms. The van der Waals surface area contributed by atoms with Gasteiger partial charge in [0.15, 0.2) is 0 Å². The maximum absolute atomic E-state index is 10.8. The molecule has 0 bridgehead atoms. The topological polar surface area (TPSA) is 50.2 Å². The summed E-state index contributed by atoms with van der Waals surface area (Å²) in [6.07, 6.45) is 7.87. The summed E-state index contributed by atoms with van der Waals surface area (Å²) in [5, 5.41) is 11.1. The van der Waals surface area contributed by atoms with Gasteiger partial charge in [0, 0.05) is 6.20 Å². The molecule has 16 heavy (non-hydrogen) atoms. The van der Waals surface area contributed by atoms with Crippen LogP contribution in [0, 0.1) is 17.8 Å². The van der Waals surface area contributed by atoms with Crippen molar-refractivity contribution in [3.8, 4) is 0 Å². The zero-order chi connectivity index (χ0) is 11.1. The third kappa shape index (κ3) is 1.52. The van der Waals surface area contributed by atoms with Gasteiger partial charge in [-0.25, -0.2) is 0 Å². The number of fused-ring (bicyclic) bond motifs is 1. The van der Waals surface area contributed by atoms with Gasteiger partial charge < -0.3 is 5.11 Å². The quantitative estimate of drug-likeness (QED) is 0.776. The molecule has 3 atom stereocenters. The van der Waals surface area contributed by atoms with Crippen molar-refractivity contribution in [1.82, 2.24) is 4.98 Å². The molecule has 1 N–H and O–H groups in total. The first-order valence-electron chi connectivity index (χ1n) is 5.61. The smallest absolute Gasteiger partial charge is 0.306 e. The predicted octanol–water partition coefficient (Wildman–Crippen LogP) is 0.383. The maximum Gasteiger partial charge on any atom is 0.306 e. The van der Waals surface area contributed by atoms with Gasteiger partial charge in [-0.05, 0) is 36.0 Å². The lowest BCUT2D eigenvalue weighted by molar-refractivity contribution is -0.138. The summed E-state index contributed by atoms with van der Waals surface area (Å²) in [5.74, 6) is -0.0387. The number of hydrogen-bond donors (Lipinski definition) is 1. The van der Waals surface area contributed by atoms with E-state index >= 15 is 0 Å². The van der Waals surface area contributed by atoms with Gasteiger partial charge in [-0.1, -0.05) is 18.2 Å². The number of hydrogen-bond acceptors (Lipinski definition) is 2. The number of aliphatic carboxylic acids is 1. The lowest BCUT2D eigenvalue weighted by Crippen LogP contribution is -2.32. The normalized spacial score (nSPS) is 30.9. The van der Waals surface area contributed by atoms with Crippen LogP contribution in [0.15, 0.2) is 18.3 Å². The van der Waals surface area contributed by atoms with Crippen molar-refractivity contribution >= 4 is 18.1 Å². The van der Waals surface area contributed by atoms with Crippen molar-refractivity contribution in [3.05, 3.63) is 28.9 Å². The number of rotatable bonds is 2. The highest BCUT2D eigenvalue weighted by Gasteiger charge is 2.46. The summed E-state index contributed by atoms with van der Waals surface area (Å²) in [7, 11) is 0. The Morgan fingerprint density at radius 1 is 1.50 bits per heavy atom. The zero-order valence-corrected chi connectivity index (χ0v) is 8.84. The molecule has 0 aliphatic heterocycles. The van der Waals surface area contributed by atoms with Crippen molar-refractivity contribution in [2.24, 2.45) is 17.8 Å². The average Bonchev–Trinajstić information content (AvgIpc) is 3.08. The van der Waals surface area contributed by atoms with Crippen LogP contribution in [0.4, 0.5) is 0 Å². The summed E-state index contributed by atoms with van der Waals surface area (Å²) in [6.45, 7) is 0. The third-order valence-corrected chi connectivity index (χ3v) is 3.56. The molecule has 1 saturated carbocycles. The molecule has 1 unspecified atom stereocenters. The summed E-state index contributed by atoms with van der Waals surface area (Å²) >= 11 is 0. The minimum Gasteiger partial charge on any atom is -0.481 e. The first kappa shape index (κ1) is 9.58. The first-order valence-corrected chi connectivity index (χ1v) is 5.61. The Morgan fingerprint density at radius 2 is 2.38 bits per heavy atom. The second-order valence-electron chi connectivity index (χ2n) is 4.59. The molecule has 3 nitrogen and oxygen atoms in total. The van der Waals surface area contributed by atoms with Crippen LogP contribution in [0.3, 0.4) is 0 Å². The zero-order valence-electron chi connectivity index (χ0n) is 8.84. The van der Waals surface area contributed by atoms with Crippen LogP contribution >= 0.6 is 0 Å². The summed E-state index contributed by atoms with van der Waals surface area (Å²) < 4.78 is 0. The number of carboxylic acids is 1. The van der Waals surface area contributed by atoms with Crippen molar-refractivity contribution in [1.29, 1.82) is 0 Å². The monoisotopic (exact) mass is 215 g/mol. The molecule has 1 aromatic heterocycles. The molecule has 3 rings (SSSR count). The molecule has 1 aromatic rings. The largest absolute Gasteiger partial charge is 0.481 e. The second kappa shape index (κ2) is 3.44. The van der Waals surface area contributed by atoms with E-state index < -0.39 is 5.97 Å². The van der Waals surface area contributed by atoms with Gasteiger partial charge in [0.1, 0.15) is 0 Å². The number of carbonyl (C=O) groups is 1. The Morgan fingerprint density at radius 3 is 3.12 bits per heavy atom. The molecule has 82 valence electrons. The fourth-order valence-corrected chi connectivity index (χ4v) is 2.56. The van der Waals surface area contributed by atoms with E-state index in [4.69, 9.17) is 5.11 Å². The Bertz CT molecular complexity index is 549. The lowest BCUT2D eigenvalue weighted by atomic mass is 9.93. The number of aromatic nitrogens is 1. The molecule has 3 heteroatoms. The van der Waals surface area contributed by atoms with Gasteiger partial charge in [-0.15, -0.1) is 0 Å². The molecule has 1 fully saturated rings. The van der Waals surface area contributed by atoms with Crippen molar-refractivity contribution in [2.45, 2.75) is 12.8 Å². The van der Waals surface area contributed by atoms with Gasteiger partial charge in [-0.2, -0.15) is 0 Å². The van der Waals surface area contributed by atoms with Gasteiger partial charge in [0.25, 0.3) is 0 Å². The molecule has 0 saturated heterocycles. The standard InChI is InChI=1S/C13H13NO2/c15-13(16)11-7-10(11)8-3-4-12-9(6-8)2-1-5-14-12/h1-2,4-6,8,10-11H,3,7H2,(H,15,16)/t8?,10-,11+/m1/s1. The predicted molar refractivity (Wildman–Crippen MR) is 59.8 cm³/mol. The van der Waals surface area contributed by atoms with Crippen LogP contribution < -0.4 is 10.6 Å². The molecule has 0 amide bonds. The molecule has 0 radical (unpaired) electrons. The van der Waals surface area contributed by atoms with Crippen LogP contribution in [0.25, 0.3) is 12.2 Å². The minimum atomic E-state index is -0.643. The highest BCUT2D eigenvalue weighted by Crippen LogP contribution is 2.46. The van der Waals surface area contributed by atoms with E-state index in [9.17, 15) is 4.79 Å². The van der Waals surface area contributed by atoms with E-state index in [2.05, 4.69) is 17.1 Å². The molecule has 0 aromatic carbocycles. The molecule has 2 aliphatic rings. The molecular weight excluding hydrogens is 202 g/mol.